The van der Waals surface area contributed by atoms with Crippen LogP contribution >= 0.6 is 0 Å². The number of sulfonamides is 1. The third-order valence-corrected chi connectivity index (χ3v) is 6.48. The molecule has 10 nitrogen and oxygen atoms in total. The van der Waals surface area contributed by atoms with Crippen molar-refractivity contribution in [1.82, 2.24) is 24.5 Å². The Morgan fingerprint density at radius 1 is 1.00 bits per heavy atom. The summed E-state index contributed by atoms with van der Waals surface area (Å²) >= 11 is 0. The van der Waals surface area contributed by atoms with Crippen LogP contribution in [0.4, 0.5) is 11.4 Å². The molecule has 1 aromatic heterocycles. The lowest BCUT2D eigenvalue weighted by Gasteiger charge is -2.18. The van der Waals surface area contributed by atoms with E-state index in [0.717, 1.165) is 11.4 Å². The van der Waals surface area contributed by atoms with E-state index < -0.39 is 10.0 Å². The molecule has 0 fully saturated rings. The summed E-state index contributed by atoms with van der Waals surface area (Å²) < 4.78 is 27.9. The molecule has 30 heavy (non-hydrogen) atoms. The minimum Gasteiger partial charge on any atom is -0.376 e. The van der Waals surface area contributed by atoms with Gasteiger partial charge in [0, 0.05) is 24.5 Å². The van der Waals surface area contributed by atoms with E-state index in [-0.39, 0.29) is 17.3 Å². The number of nitrogens with one attached hydrogen (secondary N) is 2. The minimum atomic E-state index is -3.52. The normalized spacial score (nSPS) is 11.4. The number of carbonyl (C=O) groups is 1. The lowest BCUT2D eigenvalue weighted by molar-refractivity contribution is -0.114. The van der Waals surface area contributed by atoms with Gasteiger partial charge in [0.2, 0.25) is 15.9 Å². The first-order valence-corrected chi connectivity index (χ1v) is 10.9. The molecule has 1 heterocycles. The average molecular weight is 430 g/mol. The molecule has 3 rings (SSSR count). The van der Waals surface area contributed by atoms with Crippen molar-refractivity contribution in [2.75, 3.05) is 30.3 Å². The molecule has 1 amide bonds. The van der Waals surface area contributed by atoms with Gasteiger partial charge in [0.1, 0.15) is 6.33 Å². The van der Waals surface area contributed by atoms with Gasteiger partial charge in [-0.2, -0.15) is 4.31 Å². The summed E-state index contributed by atoms with van der Waals surface area (Å²) in [6.45, 7) is 4.45. The largest absolute Gasteiger partial charge is 0.376 e. The maximum atomic E-state index is 12.5. The Morgan fingerprint density at radius 3 is 2.20 bits per heavy atom. The van der Waals surface area contributed by atoms with Gasteiger partial charge in [-0.05, 0) is 59.0 Å². The van der Waals surface area contributed by atoms with Gasteiger partial charge in [-0.15, -0.1) is 5.10 Å². The third-order valence-electron chi connectivity index (χ3n) is 4.42. The molecule has 0 atom stereocenters. The van der Waals surface area contributed by atoms with Crippen molar-refractivity contribution in [1.29, 1.82) is 0 Å². The number of anilines is 2. The van der Waals surface area contributed by atoms with Crippen molar-refractivity contribution in [2.24, 2.45) is 0 Å². The van der Waals surface area contributed by atoms with E-state index in [9.17, 15) is 13.2 Å². The predicted octanol–water partition coefficient (Wildman–Crippen LogP) is 1.74. The number of rotatable bonds is 9. The maximum Gasteiger partial charge on any atom is 0.243 e. The smallest absolute Gasteiger partial charge is 0.243 e. The highest BCUT2D eigenvalue weighted by molar-refractivity contribution is 7.89. The van der Waals surface area contributed by atoms with Crippen LogP contribution in [0, 0.1) is 0 Å². The topological polar surface area (TPSA) is 122 Å². The highest BCUT2D eigenvalue weighted by Crippen LogP contribution is 2.18. The molecule has 2 N–H and O–H groups in total. The zero-order chi connectivity index (χ0) is 21.6. The molecule has 3 aromatic rings. The number of hydrogen-bond acceptors (Lipinski definition) is 7. The minimum absolute atomic E-state index is 0.0593. The van der Waals surface area contributed by atoms with Crippen molar-refractivity contribution in [3.63, 3.8) is 0 Å². The molecular formula is C19H23N7O3S. The van der Waals surface area contributed by atoms with Gasteiger partial charge in [-0.25, -0.2) is 13.1 Å². The maximum absolute atomic E-state index is 12.5. The second kappa shape index (κ2) is 9.46. The van der Waals surface area contributed by atoms with E-state index in [1.165, 1.54) is 27.4 Å². The van der Waals surface area contributed by atoms with Crippen LogP contribution in [-0.4, -0.2) is 58.5 Å². The summed E-state index contributed by atoms with van der Waals surface area (Å²) in [4.78, 5) is 12.4. The van der Waals surface area contributed by atoms with Crippen LogP contribution in [-0.2, 0) is 14.8 Å². The number of tetrazole rings is 1. The summed E-state index contributed by atoms with van der Waals surface area (Å²) in [5, 5.41) is 16.7. The zero-order valence-electron chi connectivity index (χ0n) is 16.7. The Labute approximate surface area is 175 Å². The van der Waals surface area contributed by atoms with Crippen LogP contribution in [0.25, 0.3) is 5.69 Å². The summed E-state index contributed by atoms with van der Waals surface area (Å²) in [7, 11) is -3.52. The molecule has 0 aliphatic rings. The Hall–Kier alpha value is -3.31. The Bertz CT molecular complexity index is 1060. The second-order valence-corrected chi connectivity index (χ2v) is 8.25. The van der Waals surface area contributed by atoms with Crippen molar-refractivity contribution in [3.8, 4) is 5.69 Å². The van der Waals surface area contributed by atoms with Crippen LogP contribution in [0.15, 0.2) is 59.8 Å². The predicted molar refractivity (Wildman–Crippen MR) is 113 cm³/mol. The van der Waals surface area contributed by atoms with E-state index in [0.29, 0.717) is 18.8 Å². The van der Waals surface area contributed by atoms with Crippen LogP contribution in [0.3, 0.4) is 0 Å². The summed E-state index contributed by atoms with van der Waals surface area (Å²) in [5.41, 5.74) is 2.09. The quantitative estimate of drug-likeness (QED) is 0.531. The van der Waals surface area contributed by atoms with Crippen LogP contribution in [0.1, 0.15) is 13.8 Å². The fourth-order valence-corrected chi connectivity index (χ4v) is 4.28. The monoisotopic (exact) mass is 429 g/mol. The zero-order valence-corrected chi connectivity index (χ0v) is 17.5. The van der Waals surface area contributed by atoms with Crippen molar-refractivity contribution in [3.05, 3.63) is 54.9 Å². The first-order valence-electron chi connectivity index (χ1n) is 9.41. The van der Waals surface area contributed by atoms with E-state index in [1.807, 2.05) is 24.3 Å². The van der Waals surface area contributed by atoms with Crippen molar-refractivity contribution in [2.45, 2.75) is 18.7 Å². The summed E-state index contributed by atoms with van der Waals surface area (Å²) in [6, 6.07) is 13.4. The molecule has 0 unspecified atom stereocenters. The first-order chi connectivity index (χ1) is 14.4. The molecule has 0 aliphatic heterocycles. The van der Waals surface area contributed by atoms with Gasteiger partial charge in [0.05, 0.1) is 17.1 Å². The molecule has 2 aromatic carbocycles. The van der Waals surface area contributed by atoms with E-state index >= 15 is 0 Å². The van der Waals surface area contributed by atoms with E-state index in [2.05, 4.69) is 26.2 Å². The van der Waals surface area contributed by atoms with Crippen molar-refractivity contribution >= 4 is 27.3 Å². The van der Waals surface area contributed by atoms with Gasteiger partial charge in [0.25, 0.3) is 0 Å². The van der Waals surface area contributed by atoms with E-state index in [1.54, 1.807) is 26.0 Å². The standard InChI is InChI=1S/C19H23N7O3S/c1-3-25(4-2)30(28,29)18-11-7-16(8-12-18)22-19(27)13-20-15-5-9-17(10-6-15)26-14-21-23-24-26/h5-12,14,20H,3-4,13H2,1-2H3,(H,22,27). The Balaban J connectivity index is 1.55. The molecule has 0 saturated carbocycles. The van der Waals surface area contributed by atoms with Crippen LogP contribution < -0.4 is 10.6 Å². The second-order valence-electron chi connectivity index (χ2n) is 6.32. The average Bonchev–Trinajstić information content (AvgIpc) is 3.29. The molecule has 0 spiro atoms. The van der Waals surface area contributed by atoms with Crippen LogP contribution in [0.5, 0.6) is 0 Å². The van der Waals surface area contributed by atoms with Gasteiger partial charge in [0.15, 0.2) is 0 Å². The molecule has 11 heteroatoms. The Morgan fingerprint density at radius 2 is 1.63 bits per heavy atom. The highest BCUT2D eigenvalue weighted by Gasteiger charge is 2.21. The van der Waals surface area contributed by atoms with Crippen molar-refractivity contribution < 1.29 is 13.2 Å². The SMILES string of the molecule is CCN(CC)S(=O)(=O)c1ccc(NC(=O)CNc2ccc(-n3cnnn3)cc2)cc1. The summed E-state index contributed by atoms with van der Waals surface area (Å²) in [6.07, 6.45) is 1.49. The first kappa shape index (κ1) is 21.4. The van der Waals surface area contributed by atoms with Gasteiger partial charge < -0.3 is 10.6 Å². The molecule has 0 aliphatic carbocycles. The molecule has 0 radical (unpaired) electrons. The lowest BCUT2D eigenvalue weighted by atomic mass is 10.3. The lowest BCUT2D eigenvalue weighted by Crippen LogP contribution is -2.30. The van der Waals surface area contributed by atoms with Gasteiger partial charge in [-0.1, -0.05) is 13.8 Å². The highest BCUT2D eigenvalue weighted by atomic mass is 32.2. The number of aromatic nitrogens is 4. The van der Waals surface area contributed by atoms with Crippen LogP contribution in [0.2, 0.25) is 0 Å². The number of hydrogen-bond donors (Lipinski definition) is 2. The van der Waals surface area contributed by atoms with Gasteiger partial charge >= 0.3 is 0 Å². The molecular weight excluding hydrogens is 406 g/mol. The van der Waals surface area contributed by atoms with E-state index in [4.69, 9.17) is 0 Å². The number of nitrogens with zero attached hydrogens (tertiary/aromatic N) is 5. The summed E-state index contributed by atoms with van der Waals surface area (Å²) in [5.74, 6) is -0.251. The number of benzene rings is 2. The number of amides is 1. The Kier molecular flexibility index (Phi) is 6.75. The molecule has 0 saturated heterocycles. The molecule has 158 valence electrons. The van der Waals surface area contributed by atoms with Gasteiger partial charge in [-0.3, -0.25) is 4.79 Å². The fraction of sp³-hybridized carbons (Fsp3) is 0.263. The third kappa shape index (κ3) is 4.99. The fourth-order valence-electron chi connectivity index (χ4n) is 2.82. The number of carbonyl (C=O) groups excluding carboxylic acids is 1. The molecule has 0 bridgehead atoms.